The number of para-hydroxylation sites is 1. The molecule has 162 valence electrons. The van der Waals surface area contributed by atoms with Crippen LogP contribution in [0.3, 0.4) is 0 Å². The van der Waals surface area contributed by atoms with Gasteiger partial charge in [-0.1, -0.05) is 50.3 Å². The van der Waals surface area contributed by atoms with Gasteiger partial charge in [0.1, 0.15) is 5.75 Å². The van der Waals surface area contributed by atoms with E-state index in [0.717, 1.165) is 0 Å². The first kappa shape index (κ1) is 25.0. The highest BCUT2D eigenvalue weighted by Crippen LogP contribution is 2.53. The van der Waals surface area contributed by atoms with Gasteiger partial charge in [-0.05, 0) is 18.6 Å². The Labute approximate surface area is 160 Å². The number of rotatable bonds is 10. The van der Waals surface area contributed by atoms with Gasteiger partial charge in [-0.2, -0.15) is 26.3 Å². The molecule has 1 aromatic rings. The van der Waals surface area contributed by atoms with E-state index in [4.69, 9.17) is 4.52 Å². The molecular weight excluding hydrogens is 429 g/mol. The zero-order valence-electron chi connectivity index (χ0n) is 15.6. The Kier molecular flexibility index (Phi) is 8.61. The second-order valence-electron chi connectivity index (χ2n) is 7.33. The van der Waals surface area contributed by atoms with Crippen molar-refractivity contribution in [2.24, 2.45) is 0 Å². The summed E-state index contributed by atoms with van der Waals surface area (Å²) in [5.74, 6) is -0.240. The summed E-state index contributed by atoms with van der Waals surface area (Å²) in [7, 11) is -6.85. The Morgan fingerprint density at radius 3 is 2.07 bits per heavy atom. The molecule has 12 heteroatoms. The third-order valence-corrected chi connectivity index (χ3v) is 6.61. The maximum absolute atomic E-state index is 13.3. The molecule has 0 fully saturated rings. The van der Waals surface area contributed by atoms with Crippen molar-refractivity contribution in [3.8, 4) is 5.75 Å². The van der Waals surface area contributed by atoms with Crippen molar-refractivity contribution in [1.29, 1.82) is 0 Å². The number of alkyl halides is 6. The third-order valence-electron chi connectivity index (χ3n) is 3.36. The fourth-order valence-corrected chi connectivity index (χ4v) is 4.73. The highest BCUT2D eigenvalue weighted by atomic mass is 31.2. The van der Waals surface area contributed by atoms with Crippen LogP contribution in [0.25, 0.3) is 0 Å². The van der Waals surface area contributed by atoms with Gasteiger partial charge >= 0.3 is 20.2 Å². The van der Waals surface area contributed by atoms with Gasteiger partial charge < -0.3 is 4.52 Å². The summed E-state index contributed by atoms with van der Waals surface area (Å²) < 4.78 is 103. The zero-order chi connectivity index (χ0) is 21.6. The van der Waals surface area contributed by atoms with Gasteiger partial charge in [0, 0.05) is 8.07 Å². The summed E-state index contributed by atoms with van der Waals surface area (Å²) >= 11 is 0. The molecule has 0 saturated heterocycles. The molecule has 0 aliphatic heterocycles. The molecule has 1 rings (SSSR count). The van der Waals surface area contributed by atoms with E-state index in [2.05, 4.69) is 9.05 Å². The minimum absolute atomic E-state index is 0.116. The van der Waals surface area contributed by atoms with Crippen molar-refractivity contribution in [3.63, 3.8) is 0 Å². The number of phosphoric ester groups is 1. The van der Waals surface area contributed by atoms with Crippen molar-refractivity contribution in [3.05, 3.63) is 30.3 Å². The summed E-state index contributed by atoms with van der Waals surface area (Å²) in [6.07, 6.45) is -12.9. The van der Waals surface area contributed by atoms with Gasteiger partial charge in [-0.15, -0.1) is 0 Å². The second-order valence-corrected chi connectivity index (χ2v) is 14.5. The van der Waals surface area contributed by atoms with Crippen molar-refractivity contribution >= 4 is 15.9 Å². The molecule has 0 aromatic heterocycles. The van der Waals surface area contributed by atoms with Crippen molar-refractivity contribution in [2.45, 2.75) is 57.0 Å². The van der Waals surface area contributed by atoms with Crippen LogP contribution >= 0.6 is 7.82 Å². The number of halogens is 6. The summed E-state index contributed by atoms with van der Waals surface area (Å²) in [4.78, 5) is 0. The SMILES string of the molecule is C[Si](C)(C)CCC[C@@H](O[P@](=O)(OCC(F)(F)F)Oc1ccccc1)C(F)(F)F. The van der Waals surface area contributed by atoms with Gasteiger partial charge in [-0.3, -0.25) is 9.05 Å². The molecule has 0 saturated carbocycles. The van der Waals surface area contributed by atoms with E-state index >= 15 is 0 Å². The molecule has 0 spiro atoms. The van der Waals surface area contributed by atoms with Crippen molar-refractivity contribution in [1.82, 2.24) is 0 Å². The normalized spacial score (nSPS) is 16.5. The monoisotopic (exact) mass is 452 g/mol. The summed E-state index contributed by atoms with van der Waals surface area (Å²) in [6, 6.07) is 7.29. The maximum atomic E-state index is 13.3. The predicted octanol–water partition coefficient (Wildman–Crippen LogP) is 6.82. The molecule has 0 aliphatic carbocycles. The van der Waals surface area contributed by atoms with Crippen LogP contribution in [0, 0.1) is 0 Å². The summed E-state index contributed by atoms with van der Waals surface area (Å²) in [5, 5.41) is 0. The molecule has 0 aliphatic rings. The molecule has 0 unspecified atom stereocenters. The van der Waals surface area contributed by atoms with Gasteiger partial charge in [0.2, 0.25) is 0 Å². The number of hydrogen-bond donors (Lipinski definition) is 0. The molecule has 4 nitrogen and oxygen atoms in total. The topological polar surface area (TPSA) is 44.8 Å². The molecule has 0 bridgehead atoms. The predicted molar refractivity (Wildman–Crippen MR) is 95.0 cm³/mol. The maximum Gasteiger partial charge on any atom is 0.530 e. The molecule has 0 N–H and O–H groups in total. The second kappa shape index (κ2) is 9.64. The molecule has 0 heterocycles. The van der Waals surface area contributed by atoms with Gasteiger partial charge in [0.15, 0.2) is 12.7 Å². The van der Waals surface area contributed by atoms with E-state index in [1.54, 1.807) is 0 Å². The number of benzene rings is 1. The smallest absolute Gasteiger partial charge is 0.404 e. The van der Waals surface area contributed by atoms with Crippen LogP contribution < -0.4 is 4.52 Å². The first-order valence-corrected chi connectivity index (χ1v) is 13.6. The number of hydrogen-bond acceptors (Lipinski definition) is 4. The minimum atomic E-state index is -5.20. The Hall–Kier alpha value is -1.03. The Morgan fingerprint density at radius 2 is 1.61 bits per heavy atom. The lowest BCUT2D eigenvalue weighted by atomic mass is 10.2. The largest absolute Gasteiger partial charge is 0.530 e. The third kappa shape index (κ3) is 10.5. The fourth-order valence-electron chi connectivity index (χ4n) is 2.09. The van der Waals surface area contributed by atoms with Gasteiger partial charge in [0.05, 0.1) is 0 Å². The van der Waals surface area contributed by atoms with Crippen molar-refractivity contribution in [2.75, 3.05) is 6.61 Å². The van der Waals surface area contributed by atoms with E-state index in [-0.39, 0.29) is 12.2 Å². The molecule has 1 aromatic carbocycles. The summed E-state index contributed by atoms with van der Waals surface area (Å²) in [5.41, 5.74) is 0. The average molecular weight is 452 g/mol. The lowest BCUT2D eigenvalue weighted by Gasteiger charge is -2.26. The molecule has 0 radical (unpaired) electrons. The molecule has 28 heavy (non-hydrogen) atoms. The molecule has 2 atom stereocenters. The standard InChI is InChI=1S/C16H23F6O4PSi/c1-28(2,3)11-7-10-14(16(20,21)22)26-27(23,24-12-15(17,18)19)25-13-8-5-4-6-9-13/h4-6,8-9,14H,7,10-12H2,1-3H3/t14-,27-/m1/s1. The zero-order valence-corrected chi connectivity index (χ0v) is 17.5. The van der Waals surface area contributed by atoms with Crippen LogP contribution in [-0.4, -0.2) is 33.1 Å². The van der Waals surface area contributed by atoms with Gasteiger partial charge in [-0.25, -0.2) is 4.57 Å². The highest BCUT2D eigenvalue weighted by Gasteiger charge is 2.48. The van der Waals surface area contributed by atoms with E-state index < -0.39 is 47.4 Å². The van der Waals surface area contributed by atoms with E-state index in [1.165, 1.54) is 30.3 Å². The Bertz CT molecular complexity index is 645. The van der Waals surface area contributed by atoms with Crippen LogP contribution in [-0.2, 0) is 13.6 Å². The van der Waals surface area contributed by atoms with Crippen molar-refractivity contribution < 1.29 is 44.5 Å². The van der Waals surface area contributed by atoms with Crippen LogP contribution in [0.15, 0.2) is 30.3 Å². The van der Waals surface area contributed by atoms with E-state index in [0.29, 0.717) is 6.04 Å². The quantitative estimate of drug-likeness (QED) is 0.222. The van der Waals surface area contributed by atoms with Crippen LogP contribution in [0.1, 0.15) is 12.8 Å². The van der Waals surface area contributed by atoms with Crippen LogP contribution in [0.5, 0.6) is 5.75 Å². The summed E-state index contributed by atoms with van der Waals surface area (Å²) in [6.45, 7) is 3.82. The lowest BCUT2D eigenvalue weighted by molar-refractivity contribution is -0.204. The molecule has 0 amide bonds. The fraction of sp³-hybridized carbons (Fsp3) is 0.625. The van der Waals surface area contributed by atoms with E-state index in [9.17, 15) is 30.9 Å². The van der Waals surface area contributed by atoms with Gasteiger partial charge in [0.25, 0.3) is 0 Å². The molecular formula is C16H23F6O4PSi. The minimum Gasteiger partial charge on any atom is -0.404 e. The van der Waals surface area contributed by atoms with Crippen LogP contribution in [0.4, 0.5) is 26.3 Å². The number of phosphoric acid groups is 1. The Balaban J connectivity index is 2.99. The van der Waals surface area contributed by atoms with Crippen LogP contribution in [0.2, 0.25) is 25.7 Å². The lowest BCUT2D eigenvalue weighted by Crippen LogP contribution is -2.33. The first-order chi connectivity index (χ1) is 12.6. The first-order valence-electron chi connectivity index (χ1n) is 8.41. The Morgan fingerprint density at radius 1 is 1.04 bits per heavy atom. The average Bonchev–Trinajstić information content (AvgIpc) is 2.50. The van der Waals surface area contributed by atoms with E-state index in [1.807, 2.05) is 19.6 Å². The highest BCUT2D eigenvalue weighted by molar-refractivity contribution is 7.49.